The van der Waals surface area contributed by atoms with E-state index in [0.29, 0.717) is 19.3 Å². The van der Waals surface area contributed by atoms with Crippen molar-refractivity contribution in [3.05, 3.63) is 0 Å². The average Bonchev–Trinajstić information content (AvgIpc) is 3.19. The first kappa shape index (κ1) is 54.4. The van der Waals surface area contributed by atoms with E-state index >= 15 is 0 Å². The largest absolute Gasteiger partial charge is 0.462 e. The normalized spacial score (nSPS) is 12.4. The van der Waals surface area contributed by atoms with Crippen molar-refractivity contribution in [3.63, 3.8) is 0 Å². The molecule has 0 heterocycles. The minimum atomic E-state index is -0.757. The Morgan fingerprint density at radius 3 is 0.929 bits per heavy atom. The summed E-state index contributed by atoms with van der Waals surface area (Å²) in [6.07, 6.45) is 45.5. The van der Waals surface area contributed by atoms with E-state index in [1.54, 1.807) is 0 Å². The van der Waals surface area contributed by atoms with Gasteiger partial charge >= 0.3 is 17.9 Å². The predicted molar refractivity (Wildman–Crippen MR) is 238 cm³/mol. The third kappa shape index (κ3) is 42.0. The molecule has 1 unspecified atom stereocenters. The van der Waals surface area contributed by atoms with Crippen LogP contribution in [0, 0.1) is 5.92 Å². The van der Waals surface area contributed by atoms with Gasteiger partial charge in [-0.3, -0.25) is 14.4 Å². The van der Waals surface area contributed by atoms with Crippen LogP contribution in [0.2, 0.25) is 0 Å². The Bertz CT molecular complexity index is 843. The van der Waals surface area contributed by atoms with Crippen LogP contribution >= 0.6 is 0 Å². The van der Waals surface area contributed by atoms with Gasteiger partial charge in [-0.1, -0.05) is 240 Å². The molecule has 6 nitrogen and oxygen atoms in total. The molecule has 0 aromatic carbocycles. The number of carbonyl (C=O) groups is 3. The number of esters is 3. The van der Waals surface area contributed by atoms with E-state index in [-0.39, 0.29) is 31.1 Å². The van der Waals surface area contributed by atoms with E-state index in [2.05, 4.69) is 27.7 Å². The van der Waals surface area contributed by atoms with Crippen LogP contribution in [-0.4, -0.2) is 37.2 Å². The number of ether oxygens (including phenoxy) is 3. The van der Waals surface area contributed by atoms with E-state index in [1.165, 1.54) is 167 Å². The summed E-state index contributed by atoms with van der Waals surface area (Å²) in [6.45, 7) is 8.98. The quantitative estimate of drug-likeness (QED) is 0.0347. The van der Waals surface area contributed by atoms with Crippen LogP contribution in [0.3, 0.4) is 0 Å². The molecule has 0 saturated carbocycles. The van der Waals surface area contributed by atoms with Crippen LogP contribution in [0.4, 0.5) is 0 Å². The molecule has 0 aliphatic heterocycles. The second-order valence-electron chi connectivity index (χ2n) is 17.3. The van der Waals surface area contributed by atoms with Crippen LogP contribution in [0.15, 0.2) is 0 Å². The summed E-state index contributed by atoms with van der Waals surface area (Å²) in [5, 5.41) is 0. The molecule has 332 valence electrons. The zero-order chi connectivity index (χ0) is 41.0. The Kier molecular flexibility index (Phi) is 43.2. The molecule has 0 aromatic rings. The highest BCUT2D eigenvalue weighted by Crippen LogP contribution is 2.17. The van der Waals surface area contributed by atoms with E-state index in [0.717, 1.165) is 70.1 Å². The second kappa shape index (κ2) is 44.5. The lowest BCUT2D eigenvalue weighted by Gasteiger charge is -2.18. The number of hydrogen-bond acceptors (Lipinski definition) is 6. The number of carbonyl (C=O) groups excluding carboxylic acids is 3. The van der Waals surface area contributed by atoms with Gasteiger partial charge in [0.2, 0.25) is 0 Å². The molecule has 0 spiro atoms. The molecule has 0 aromatic heterocycles. The van der Waals surface area contributed by atoms with E-state index in [9.17, 15) is 14.4 Å². The lowest BCUT2D eigenvalue weighted by Crippen LogP contribution is -2.30. The minimum absolute atomic E-state index is 0.0641. The van der Waals surface area contributed by atoms with Gasteiger partial charge in [0.15, 0.2) is 6.10 Å². The Hall–Kier alpha value is -1.59. The molecular formula is C50H96O6. The SMILES string of the molecule is CCCCCCCCCCCCCC(=O)O[C@@H](COC(=O)CCCCCCC)COC(=O)CCCCCCCCCCCCCCCCCCCCC(C)CC. The molecule has 0 saturated heterocycles. The molecule has 0 radical (unpaired) electrons. The molecule has 0 aliphatic rings. The lowest BCUT2D eigenvalue weighted by atomic mass is 9.99. The zero-order valence-electron chi connectivity index (χ0n) is 38.1. The van der Waals surface area contributed by atoms with Gasteiger partial charge in [0.25, 0.3) is 0 Å². The lowest BCUT2D eigenvalue weighted by molar-refractivity contribution is -0.167. The van der Waals surface area contributed by atoms with Crippen LogP contribution in [0.25, 0.3) is 0 Å². The molecule has 0 bridgehead atoms. The van der Waals surface area contributed by atoms with Gasteiger partial charge in [0.05, 0.1) is 0 Å². The Balaban J connectivity index is 4.03. The summed E-state index contributed by atoms with van der Waals surface area (Å²) in [6, 6.07) is 0. The highest BCUT2D eigenvalue weighted by atomic mass is 16.6. The first-order chi connectivity index (χ1) is 27.4. The summed E-state index contributed by atoms with van der Waals surface area (Å²) in [5.41, 5.74) is 0. The van der Waals surface area contributed by atoms with Crippen LogP contribution in [0.5, 0.6) is 0 Å². The first-order valence-corrected chi connectivity index (χ1v) is 24.9. The summed E-state index contributed by atoms with van der Waals surface area (Å²) in [4.78, 5) is 37.5. The molecule has 0 rings (SSSR count). The molecular weight excluding hydrogens is 697 g/mol. The molecule has 2 atom stereocenters. The number of hydrogen-bond donors (Lipinski definition) is 0. The topological polar surface area (TPSA) is 78.9 Å². The van der Waals surface area contributed by atoms with E-state index in [4.69, 9.17) is 14.2 Å². The highest BCUT2D eigenvalue weighted by Gasteiger charge is 2.19. The van der Waals surface area contributed by atoms with Gasteiger partial charge in [0.1, 0.15) is 13.2 Å². The van der Waals surface area contributed by atoms with Crippen molar-refractivity contribution < 1.29 is 28.6 Å². The molecule has 0 amide bonds. The maximum absolute atomic E-state index is 12.7. The summed E-state index contributed by atoms with van der Waals surface area (Å²) < 4.78 is 16.6. The summed E-state index contributed by atoms with van der Waals surface area (Å²) in [7, 11) is 0. The van der Waals surface area contributed by atoms with Crippen molar-refractivity contribution in [2.75, 3.05) is 13.2 Å². The standard InChI is InChI=1S/C50H96O6/c1-5-8-10-12-13-14-23-28-31-35-39-43-50(53)56-47(44-54-48(51)41-37-32-11-9-6-2)45-55-49(52)42-38-34-30-27-25-22-20-18-16-15-17-19-21-24-26-29-33-36-40-46(4)7-3/h46-47H,5-45H2,1-4H3/t46?,47-/m0/s1. The monoisotopic (exact) mass is 793 g/mol. The number of unbranched alkanes of at least 4 members (excludes halogenated alkanes) is 31. The number of rotatable bonds is 45. The smallest absolute Gasteiger partial charge is 0.306 e. The fraction of sp³-hybridized carbons (Fsp3) is 0.940. The third-order valence-corrected chi connectivity index (χ3v) is 11.7. The van der Waals surface area contributed by atoms with Crippen molar-refractivity contribution in [3.8, 4) is 0 Å². The molecule has 0 aliphatic carbocycles. The first-order valence-electron chi connectivity index (χ1n) is 24.9. The van der Waals surface area contributed by atoms with Crippen LogP contribution in [0.1, 0.15) is 278 Å². The third-order valence-electron chi connectivity index (χ3n) is 11.7. The van der Waals surface area contributed by atoms with Gasteiger partial charge in [-0.25, -0.2) is 0 Å². The molecule has 6 heteroatoms. The van der Waals surface area contributed by atoms with Crippen molar-refractivity contribution in [2.45, 2.75) is 284 Å². The van der Waals surface area contributed by atoms with E-state index < -0.39 is 6.10 Å². The zero-order valence-corrected chi connectivity index (χ0v) is 38.1. The fourth-order valence-corrected chi connectivity index (χ4v) is 7.48. The van der Waals surface area contributed by atoms with Crippen molar-refractivity contribution in [2.24, 2.45) is 5.92 Å². The van der Waals surface area contributed by atoms with Crippen molar-refractivity contribution in [1.29, 1.82) is 0 Å². The van der Waals surface area contributed by atoms with Gasteiger partial charge in [-0.2, -0.15) is 0 Å². The summed E-state index contributed by atoms with van der Waals surface area (Å²) >= 11 is 0. The maximum atomic E-state index is 12.7. The summed E-state index contributed by atoms with van der Waals surface area (Å²) in [5.74, 6) is 0.0460. The molecule has 0 N–H and O–H groups in total. The van der Waals surface area contributed by atoms with Gasteiger partial charge in [-0.15, -0.1) is 0 Å². The molecule has 56 heavy (non-hydrogen) atoms. The predicted octanol–water partition coefficient (Wildman–Crippen LogP) is 15.9. The Morgan fingerprint density at radius 2 is 0.625 bits per heavy atom. The fourth-order valence-electron chi connectivity index (χ4n) is 7.48. The van der Waals surface area contributed by atoms with Gasteiger partial charge in [0, 0.05) is 19.3 Å². The van der Waals surface area contributed by atoms with Gasteiger partial charge < -0.3 is 14.2 Å². The van der Waals surface area contributed by atoms with E-state index in [1.807, 2.05) is 0 Å². The maximum Gasteiger partial charge on any atom is 0.306 e. The van der Waals surface area contributed by atoms with Crippen molar-refractivity contribution >= 4 is 17.9 Å². The minimum Gasteiger partial charge on any atom is -0.462 e. The van der Waals surface area contributed by atoms with Crippen LogP contribution < -0.4 is 0 Å². The average molecular weight is 793 g/mol. The van der Waals surface area contributed by atoms with Crippen molar-refractivity contribution in [1.82, 2.24) is 0 Å². The van der Waals surface area contributed by atoms with Gasteiger partial charge in [-0.05, 0) is 25.2 Å². The Labute approximate surface area is 348 Å². The highest BCUT2D eigenvalue weighted by molar-refractivity contribution is 5.71. The Morgan fingerprint density at radius 1 is 0.357 bits per heavy atom. The molecule has 0 fully saturated rings. The second-order valence-corrected chi connectivity index (χ2v) is 17.3. The van der Waals surface area contributed by atoms with Crippen LogP contribution in [-0.2, 0) is 28.6 Å².